The van der Waals surface area contributed by atoms with E-state index in [1.165, 1.54) is 12.8 Å². The summed E-state index contributed by atoms with van der Waals surface area (Å²) in [6.45, 7) is 2.68. The molecule has 7 heteroatoms. The maximum absolute atomic E-state index is 6.05. The molecule has 1 atom stereocenters. The van der Waals surface area contributed by atoms with Crippen molar-refractivity contribution in [3.8, 4) is 22.8 Å². The van der Waals surface area contributed by atoms with Crippen LogP contribution in [0.25, 0.3) is 22.3 Å². The van der Waals surface area contributed by atoms with Gasteiger partial charge in [-0.2, -0.15) is 5.10 Å². The van der Waals surface area contributed by atoms with Gasteiger partial charge in [0, 0.05) is 25.4 Å². The minimum Gasteiger partial charge on any atom is -0.457 e. The first kappa shape index (κ1) is 18.8. The lowest BCUT2D eigenvalue weighted by atomic mass is 10.1. The zero-order valence-corrected chi connectivity index (χ0v) is 17.0. The molecule has 0 spiro atoms. The smallest absolute Gasteiger partial charge is 0.129 e. The molecule has 1 saturated heterocycles. The number of hydrogen-bond acceptors (Lipinski definition) is 5. The Bertz CT molecular complexity index is 1100. The van der Waals surface area contributed by atoms with Gasteiger partial charge in [-0.25, -0.2) is 4.98 Å². The number of nitrogens with one attached hydrogen (secondary N) is 2. The Labute approximate surface area is 175 Å². The van der Waals surface area contributed by atoms with Crippen LogP contribution in [0.3, 0.4) is 0 Å². The second-order valence-corrected chi connectivity index (χ2v) is 7.68. The predicted octanol–water partition coefficient (Wildman–Crippen LogP) is 4.36. The third kappa shape index (κ3) is 3.94. The summed E-state index contributed by atoms with van der Waals surface area (Å²) in [5, 5.41) is 6.96. The van der Waals surface area contributed by atoms with Gasteiger partial charge < -0.3 is 14.5 Å². The first-order valence-electron chi connectivity index (χ1n) is 10.3. The highest BCUT2D eigenvalue weighted by molar-refractivity contribution is 5.77. The number of fused-ring (bicyclic) bond motifs is 1. The molecule has 154 valence electrons. The van der Waals surface area contributed by atoms with E-state index in [1.807, 2.05) is 48.5 Å². The first-order chi connectivity index (χ1) is 14.8. The van der Waals surface area contributed by atoms with E-state index in [1.54, 1.807) is 13.3 Å². The number of aromatic amines is 2. The van der Waals surface area contributed by atoms with Gasteiger partial charge >= 0.3 is 0 Å². The molecule has 4 aromatic rings. The topological polar surface area (TPSA) is 79.1 Å². The second-order valence-electron chi connectivity index (χ2n) is 7.68. The molecule has 5 rings (SSSR count). The van der Waals surface area contributed by atoms with Crippen molar-refractivity contribution < 1.29 is 9.47 Å². The van der Waals surface area contributed by atoms with Crippen LogP contribution < -0.4 is 4.74 Å². The van der Waals surface area contributed by atoms with Crippen LogP contribution in [-0.2, 0) is 11.3 Å². The van der Waals surface area contributed by atoms with E-state index >= 15 is 0 Å². The van der Waals surface area contributed by atoms with Crippen molar-refractivity contribution in [1.82, 2.24) is 25.1 Å². The number of nitrogens with zero attached hydrogens (tertiary/aromatic N) is 3. The van der Waals surface area contributed by atoms with Crippen LogP contribution in [0.4, 0.5) is 0 Å². The molecule has 1 fully saturated rings. The van der Waals surface area contributed by atoms with Crippen molar-refractivity contribution in [3.63, 3.8) is 0 Å². The summed E-state index contributed by atoms with van der Waals surface area (Å²) in [5.74, 6) is 2.55. The number of hydrogen-bond donors (Lipinski definition) is 2. The van der Waals surface area contributed by atoms with E-state index in [0.717, 1.165) is 59.3 Å². The maximum Gasteiger partial charge on any atom is 0.129 e. The number of methoxy groups -OCH3 is 1. The standard InChI is InChI=1S/C23H25N5O2/c1-29-15-17-3-2-12-28(17)14-23-25-21-9-8-19(13-22(21)26-23)30-18-6-4-16(5-7-18)20-10-11-24-27-20/h4-11,13,17H,2-3,12,14-15H2,1H3,(H,24,27)(H,25,26)/t17-/m0/s1. The van der Waals surface area contributed by atoms with Crippen molar-refractivity contribution in [2.75, 3.05) is 20.3 Å². The second kappa shape index (κ2) is 8.30. The lowest BCUT2D eigenvalue weighted by Crippen LogP contribution is -2.32. The fraction of sp³-hybridized carbons (Fsp3) is 0.304. The fourth-order valence-electron chi connectivity index (χ4n) is 4.11. The molecule has 0 radical (unpaired) electrons. The summed E-state index contributed by atoms with van der Waals surface area (Å²) in [6.07, 6.45) is 4.14. The van der Waals surface area contributed by atoms with Crippen LogP contribution in [0.5, 0.6) is 11.5 Å². The maximum atomic E-state index is 6.05. The highest BCUT2D eigenvalue weighted by Crippen LogP contribution is 2.27. The molecule has 1 aliphatic heterocycles. The summed E-state index contributed by atoms with van der Waals surface area (Å²) >= 11 is 0. The van der Waals surface area contributed by atoms with Crippen LogP contribution in [-0.4, -0.2) is 51.4 Å². The number of aromatic nitrogens is 4. The van der Waals surface area contributed by atoms with Crippen molar-refractivity contribution in [1.29, 1.82) is 0 Å². The van der Waals surface area contributed by atoms with Gasteiger partial charge in [0.1, 0.15) is 17.3 Å². The Morgan fingerprint density at radius 1 is 1.10 bits per heavy atom. The Kier molecular flexibility index (Phi) is 5.21. The van der Waals surface area contributed by atoms with Crippen LogP contribution in [0, 0.1) is 0 Å². The molecule has 2 N–H and O–H groups in total. The van der Waals surface area contributed by atoms with Gasteiger partial charge in [-0.05, 0) is 67.4 Å². The quantitative estimate of drug-likeness (QED) is 0.479. The first-order valence-corrected chi connectivity index (χ1v) is 10.3. The highest BCUT2D eigenvalue weighted by Gasteiger charge is 2.25. The van der Waals surface area contributed by atoms with Gasteiger partial charge in [0.15, 0.2) is 0 Å². The summed E-state index contributed by atoms with van der Waals surface area (Å²) in [6, 6.07) is 16.3. The van der Waals surface area contributed by atoms with Crippen molar-refractivity contribution in [2.24, 2.45) is 0 Å². The molecular formula is C23H25N5O2. The molecule has 30 heavy (non-hydrogen) atoms. The Hall–Kier alpha value is -3.16. The molecule has 3 heterocycles. The third-order valence-corrected chi connectivity index (χ3v) is 5.62. The van der Waals surface area contributed by atoms with Crippen LogP contribution in [0.2, 0.25) is 0 Å². The number of likely N-dealkylation sites (tertiary alicyclic amines) is 1. The third-order valence-electron chi connectivity index (χ3n) is 5.62. The minimum atomic E-state index is 0.479. The van der Waals surface area contributed by atoms with E-state index < -0.39 is 0 Å². The van der Waals surface area contributed by atoms with Crippen LogP contribution >= 0.6 is 0 Å². The summed E-state index contributed by atoms with van der Waals surface area (Å²) in [5.41, 5.74) is 3.99. The molecule has 0 saturated carbocycles. The van der Waals surface area contributed by atoms with Gasteiger partial charge in [0.05, 0.1) is 29.9 Å². The molecule has 2 aromatic carbocycles. The predicted molar refractivity (Wildman–Crippen MR) is 115 cm³/mol. The molecular weight excluding hydrogens is 378 g/mol. The van der Waals surface area contributed by atoms with Crippen molar-refractivity contribution in [2.45, 2.75) is 25.4 Å². The highest BCUT2D eigenvalue weighted by atomic mass is 16.5. The normalized spacial score (nSPS) is 17.0. The number of imidazole rings is 1. The molecule has 7 nitrogen and oxygen atoms in total. The summed E-state index contributed by atoms with van der Waals surface area (Å²) in [7, 11) is 1.77. The molecule has 1 aliphatic rings. The lowest BCUT2D eigenvalue weighted by molar-refractivity contribution is 0.110. The van der Waals surface area contributed by atoms with Gasteiger partial charge in [-0.1, -0.05) is 0 Å². The van der Waals surface area contributed by atoms with Crippen molar-refractivity contribution in [3.05, 3.63) is 60.6 Å². The SMILES string of the molecule is COC[C@@H]1CCCN1Cc1nc2ccc(Oc3ccc(-c4ccn[nH]4)cc3)cc2[nH]1. The van der Waals surface area contributed by atoms with Gasteiger partial charge in [-0.3, -0.25) is 10.00 Å². The molecule has 2 aromatic heterocycles. The summed E-state index contributed by atoms with van der Waals surface area (Å²) < 4.78 is 11.4. The molecule has 0 amide bonds. The van der Waals surface area contributed by atoms with Gasteiger partial charge in [0.2, 0.25) is 0 Å². The fourth-order valence-corrected chi connectivity index (χ4v) is 4.11. The van der Waals surface area contributed by atoms with E-state index in [4.69, 9.17) is 14.5 Å². The molecule has 0 unspecified atom stereocenters. The number of benzene rings is 2. The molecule has 0 aliphatic carbocycles. The molecule has 0 bridgehead atoms. The Morgan fingerprint density at radius 2 is 1.97 bits per heavy atom. The van der Waals surface area contributed by atoms with E-state index in [9.17, 15) is 0 Å². The monoisotopic (exact) mass is 403 g/mol. The van der Waals surface area contributed by atoms with Crippen LogP contribution in [0.1, 0.15) is 18.7 Å². The minimum absolute atomic E-state index is 0.479. The average Bonchev–Trinajstić information content (AvgIpc) is 3.50. The number of H-pyrrole nitrogens is 2. The number of ether oxygens (including phenoxy) is 2. The average molecular weight is 403 g/mol. The van der Waals surface area contributed by atoms with Gasteiger partial charge in [-0.15, -0.1) is 0 Å². The Balaban J connectivity index is 1.29. The largest absolute Gasteiger partial charge is 0.457 e. The van der Waals surface area contributed by atoms with Gasteiger partial charge in [0.25, 0.3) is 0 Å². The van der Waals surface area contributed by atoms with E-state index in [2.05, 4.69) is 20.1 Å². The zero-order valence-electron chi connectivity index (χ0n) is 17.0. The van der Waals surface area contributed by atoms with Crippen LogP contribution in [0.15, 0.2) is 54.7 Å². The lowest BCUT2D eigenvalue weighted by Gasteiger charge is -2.22. The zero-order chi connectivity index (χ0) is 20.3. The summed E-state index contributed by atoms with van der Waals surface area (Å²) in [4.78, 5) is 10.7. The van der Waals surface area contributed by atoms with E-state index in [-0.39, 0.29) is 0 Å². The number of rotatable bonds is 7. The Morgan fingerprint density at radius 3 is 2.77 bits per heavy atom. The van der Waals surface area contributed by atoms with E-state index in [0.29, 0.717) is 6.04 Å². The van der Waals surface area contributed by atoms with Crippen molar-refractivity contribution >= 4 is 11.0 Å².